The van der Waals surface area contributed by atoms with Gasteiger partial charge in [-0.15, -0.1) is 0 Å². The number of benzene rings is 3. The predicted octanol–water partition coefficient (Wildman–Crippen LogP) is 4.62. The summed E-state index contributed by atoms with van der Waals surface area (Å²) in [6.07, 6.45) is 2.14. The van der Waals surface area contributed by atoms with Gasteiger partial charge in [-0.25, -0.2) is 0 Å². The third-order valence-electron chi connectivity index (χ3n) is 4.04. The average Bonchev–Trinajstić information content (AvgIpc) is 2.68. The van der Waals surface area contributed by atoms with Crippen molar-refractivity contribution in [3.8, 4) is 11.5 Å². The molecule has 4 nitrogen and oxygen atoms in total. The molecule has 0 atom stereocenters. The van der Waals surface area contributed by atoms with Crippen LogP contribution >= 0.6 is 0 Å². The molecule has 0 unspecified atom stereocenters. The highest BCUT2D eigenvalue weighted by atomic mass is 16.5. The number of hydrogen-bond acceptors (Lipinski definition) is 3. The second kappa shape index (κ2) is 8.72. The van der Waals surface area contributed by atoms with Crippen molar-refractivity contribution < 1.29 is 9.53 Å². The number of carbonyl (C=O) groups is 1. The third kappa shape index (κ3) is 5.11. The largest absolute Gasteiger partial charge is 0.457 e. The van der Waals surface area contributed by atoms with E-state index in [1.165, 1.54) is 5.56 Å². The zero-order valence-corrected chi connectivity index (χ0v) is 14.5. The van der Waals surface area contributed by atoms with Gasteiger partial charge in [-0.05, 0) is 66.9 Å². The summed E-state index contributed by atoms with van der Waals surface area (Å²) in [5.41, 5.74) is 8.12. The number of amides is 1. The van der Waals surface area contributed by atoms with E-state index < -0.39 is 5.91 Å². The molecule has 0 saturated carbocycles. The molecule has 3 rings (SSSR count). The minimum atomic E-state index is -0.445. The molecular formula is C22H22N2O2. The van der Waals surface area contributed by atoms with Crippen LogP contribution in [0.25, 0.3) is 0 Å². The summed E-state index contributed by atoms with van der Waals surface area (Å²) in [6, 6.07) is 25.1. The fourth-order valence-corrected chi connectivity index (χ4v) is 2.63. The van der Waals surface area contributed by atoms with E-state index in [2.05, 4.69) is 29.6 Å². The zero-order chi connectivity index (χ0) is 18.2. The van der Waals surface area contributed by atoms with Crippen LogP contribution in [0.15, 0.2) is 78.9 Å². The van der Waals surface area contributed by atoms with Crippen molar-refractivity contribution in [2.75, 3.05) is 11.9 Å². The Balaban J connectivity index is 1.46. The number of aryl methyl sites for hydroxylation is 1. The van der Waals surface area contributed by atoms with Crippen LogP contribution < -0.4 is 15.8 Å². The number of nitrogens with one attached hydrogen (secondary N) is 1. The van der Waals surface area contributed by atoms with E-state index in [4.69, 9.17) is 10.5 Å². The summed E-state index contributed by atoms with van der Waals surface area (Å²) in [5.74, 6) is 0.962. The second-order valence-electron chi connectivity index (χ2n) is 6.03. The Morgan fingerprint density at radius 2 is 1.46 bits per heavy atom. The maximum Gasteiger partial charge on any atom is 0.248 e. The predicted molar refractivity (Wildman–Crippen MR) is 105 cm³/mol. The summed E-state index contributed by atoms with van der Waals surface area (Å²) < 4.78 is 5.77. The van der Waals surface area contributed by atoms with Crippen LogP contribution in [-0.4, -0.2) is 12.5 Å². The van der Waals surface area contributed by atoms with Crippen LogP contribution in [0.4, 0.5) is 5.69 Å². The SMILES string of the molecule is NC(=O)c1ccc(Oc2ccc(NCCCc3ccccc3)cc2)cc1. The van der Waals surface area contributed by atoms with Gasteiger partial charge in [0.1, 0.15) is 11.5 Å². The number of nitrogens with two attached hydrogens (primary N) is 1. The van der Waals surface area contributed by atoms with Gasteiger partial charge in [0, 0.05) is 17.8 Å². The first-order chi connectivity index (χ1) is 12.7. The number of ether oxygens (including phenoxy) is 1. The van der Waals surface area contributed by atoms with Crippen molar-refractivity contribution in [2.24, 2.45) is 5.73 Å². The molecule has 0 aliphatic carbocycles. The van der Waals surface area contributed by atoms with E-state index in [1.54, 1.807) is 24.3 Å². The smallest absolute Gasteiger partial charge is 0.248 e. The molecule has 0 aliphatic heterocycles. The lowest BCUT2D eigenvalue weighted by molar-refractivity contribution is 0.100. The highest BCUT2D eigenvalue weighted by Crippen LogP contribution is 2.23. The molecule has 1 amide bonds. The lowest BCUT2D eigenvalue weighted by Gasteiger charge is -2.09. The molecule has 0 aromatic heterocycles. The summed E-state index contributed by atoms with van der Waals surface area (Å²) in [4.78, 5) is 11.1. The second-order valence-corrected chi connectivity index (χ2v) is 6.03. The highest BCUT2D eigenvalue weighted by molar-refractivity contribution is 5.92. The van der Waals surface area contributed by atoms with Gasteiger partial charge in [-0.3, -0.25) is 4.79 Å². The number of carbonyl (C=O) groups excluding carboxylic acids is 1. The van der Waals surface area contributed by atoms with Crippen molar-refractivity contribution in [3.63, 3.8) is 0 Å². The molecule has 0 radical (unpaired) electrons. The zero-order valence-electron chi connectivity index (χ0n) is 14.5. The third-order valence-corrected chi connectivity index (χ3v) is 4.04. The van der Waals surface area contributed by atoms with E-state index in [0.29, 0.717) is 11.3 Å². The molecule has 0 aliphatic rings. The minimum absolute atomic E-state index is 0.445. The van der Waals surface area contributed by atoms with Crippen LogP contribution in [0.5, 0.6) is 11.5 Å². The molecular weight excluding hydrogens is 324 g/mol. The number of primary amides is 1. The van der Waals surface area contributed by atoms with Gasteiger partial charge in [0.2, 0.25) is 5.91 Å². The van der Waals surface area contributed by atoms with Crippen LogP contribution in [-0.2, 0) is 6.42 Å². The van der Waals surface area contributed by atoms with Gasteiger partial charge in [-0.1, -0.05) is 30.3 Å². The fraction of sp³-hybridized carbons (Fsp3) is 0.136. The van der Waals surface area contributed by atoms with Crippen molar-refractivity contribution in [1.29, 1.82) is 0 Å². The number of rotatable bonds is 8. The molecule has 0 saturated heterocycles. The van der Waals surface area contributed by atoms with Gasteiger partial charge < -0.3 is 15.8 Å². The Morgan fingerprint density at radius 1 is 0.846 bits per heavy atom. The summed E-state index contributed by atoms with van der Waals surface area (Å²) in [5, 5.41) is 3.42. The Bertz CT molecular complexity index is 828. The normalized spacial score (nSPS) is 10.3. The summed E-state index contributed by atoms with van der Waals surface area (Å²) in [7, 11) is 0. The quantitative estimate of drug-likeness (QED) is 0.585. The number of anilines is 1. The topological polar surface area (TPSA) is 64.4 Å². The Morgan fingerprint density at radius 3 is 2.08 bits per heavy atom. The molecule has 3 aromatic carbocycles. The van der Waals surface area contributed by atoms with Crippen molar-refractivity contribution >= 4 is 11.6 Å². The van der Waals surface area contributed by atoms with Crippen molar-refractivity contribution in [3.05, 3.63) is 90.0 Å². The summed E-state index contributed by atoms with van der Waals surface area (Å²) in [6.45, 7) is 0.920. The first kappa shape index (κ1) is 17.5. The van der Waals surface area contributed by atoms with Crippen LogP contribution in [0.1, 0.15) is 22.3 Å². The lowest BCUT2D eigenvalue weighted by Crippen LogP contribution is -2.10. The van der Waals surface area contributed by atoms with E-state index >= 15 is 0 Å². The maximum absolute atomic E-state index is 11.1. The molecule has 132 valence electrons. The average molecular weight is 346 g/mol. The molecule has 0 fully saturated rings. The standard InChI is InChI=1S/C22H22N2O2/c23-22(25)18-8-12-20(13-9-18)26-21-14-10-19(11-15-21)24-16-4-7-17-5-2-1-3-6-17/h1-3,5-6,8-15,24H,4,7,16H2,(H2,23,25). The molecule has 0 heterocycles. The first-order valence-electron chi connectivity index (χ1n) is 8.66. The van der Waals surface area contributed by atoms with Gasteiger partial charge >= 0.3 is 0 Å². The van der Waals surface area contributed by atoms with Crippen LogP contribution in [0.2, 0.25) is 0 Å². The molecule has 0 spiro atoms. The van der Waals surface area contributed by atoms with Crippen LogP contribution in [0.3, 0.4) is 0 Å². The van der Waals surface area contributed by atoms with Gasteiger partial charge in [0.25, 0.3) is 0 Å². The highest BCUT2D eigenvalue weighted by Gasteiger charge is 2.02. The molecule has 0 bridgehead atoms. The van der Waals surface area contributed by atoms with E-state index in [-0.39, 0.29) is 0 Å². The maximum atomic E-state index is 11.1. The minimum Gasteiger partial charge on any atom is -0.457 e. The molecule has 4 heteroatoms. The van der Waals surface area contributed by atoms with Crippen molar-refractivity contribution in [2.45, 2.75) is 12.8 Å². The van der Waals surface area contributed by atoms with Gasteiger partial charge in [-0.2, -0.15) is 0 Å². The molecule has 3 N–H and O–H groups in total. The Labute approximate surface area is 153 Å². The van der Waals surface area contributed by atoms with Crippen LogP contribution in [0, 0.1) is 0 Å². The van der Waals surface area contributed by atoms with Gasteiger partial charge in [0.15, 0.2) is 0 Å². The molecule has 3 aromatic rings. The lowest BCUT2D eigenvalue weighted by atomic mass is 10.1. The van der Waals surface area contributed by atoms with E-state index in [9.17, 15) is 4.79 Å². The van der Waals surface area contributed by atoms with Gasteiger partial charge in [0.05, 0.1) is 0 Å². The number of hydrogen-bond donors (Lipinski definition) is 2. The fourth-order valence-electron chi connectivity index (χ4n) is 2.63. The summed E-state index contributed by atoms with van der Waals surface area (Å²) >= 11 is 0. The Hall–Kier alpha value is -3.27. The first-order valence-corrected chi connectivity index (χ1v) is 8.66. The molecule has 26 heavy (non-hydrogen) atoms. The Kier molecular flexibility index (Phi) is 5.88. The monoisotopic (exact) mass is 346 g/mol. The van der Waals surface area contributed by atoms with Crippen molar-refractivity contribution in [1.82, 2.24) is 0 Å². The van der Waals surface area contributed by atoms with E-state index in [1.807, 2.05) is 30.3 Å². The van der Waals surface area contributed by atoms with E-state index in [0.717, 1.165) is 30.8 Å².